The van der Waals surface area contributed by atoms with E-state index < -0.39 is 0 Å². The van der Waals surface area contributed by atoms with Crippen molar-refractivity contribution in [1.29, 1.82) is 0 Å². The Morgan fingerprint density at radius 2 is 2.15 bits per heavy atom. The standard InChI is InChI=1S/C17H29N3/c1-4-20-11-14(10-19-20)6-17(12-18-9-13(2)3)7-15-5-16(15)8-17/h10-11,13,15-16,18H,4-9,12H2,1-3H3. The lowest BCUT2D eigenvalue weighted by Gasteiger charge is -2.31. The summed E-state index contributed by atoms with van der Waals surface area (Å²) in [4.78, 5) is 0. The van der Waals surface area contributed by atoms with Crippen LogP contribution < -0.4 is 5.32 Å². The largest absolute Gasteiger partial charge is 0.316 e. The molecule has 3 rings (SSSR count). The molecule has 1 heterocycles. The Balaban J connectivity index is 1.63. The van der Waals surface area contributed by atoms with Crippen LogP contribution in [-0.2, 0) is 13.0 Å². The van der Waals surface area contributed by atoms with Crippen molar-refractivity contribution >= 4 is 0 Å². The number of aromatic nitrogens is 2. The second-order valence-corrected chi connectivity index (χ2v) is 7.57. The van der Waals surface area contributed by atoms with Gasteiger partial charge in [0.15, 0.2) is 0 Å². The third-order valence-electron chi connectivity index (χ3n) is 5.10. The van der Waals surface area contributed by atoms with Crippen molar-refractivity contribution in [1.82, 2.24) is 15.1 Å². The van der Waals surface area contributed by atoms with Gasteiger partial charge in [-0.25, -0.2) is 0 Å². The SMILES string of the molecule is CCn1cc(CC2(CNCC(C)C)CC3CC3C2)cn1. The van der Waals surface area contributed by atoms with Crippen LogP contribution in [0.2, 0.25) is 0 Å². The van der Waals surface area contributed by atoms with Gasteiger partial charge in [-0.05, 0) is 67.9 Å². The molecule has 2 aliphatic carbocycles. The minimum atomic E-state index is 0.504. The summed E-state index contributed by atoms with van der Waals surface area (Å²) in [6, 6.07) is 0. The molecule has 0 saturated heterocycles. The van der Waals surface area contributed by atoms with E-state index in [1.807, 2.05) is 0 Å². The van der Waals surface area contributed by atoms with Gasteiger partial charge in [0, 0.05) is 19.3 Å². The molecule has 3 nitrogen and oxygen atoms in total. The van der Waals surface area contributed by atoms with Crippen molar-refractivity contribution in [3.05, 3.63) is 18.0 Å². The van der Waals surface area contributed by atoms with Gasteiger partial charge >= 0.3 is 0 Å². The number of hydrogen-bond acceptors (Lipinski definition) is 2. The third-order valence-corrected chi connectivity index (χ3v) is 5.10. The molecule has 2 aliphatic rings. The van der Waals surface area contributed by atoms with E-state index in [1.54, 1.807) is 0 Å². The molecule has 0 aliphatic heterocycles. The van der Waals surface area contributed by atoms with Crippen molar-refractivity contribution in [2.75, 3.05) is 13.1 Å². The minimum absolute atomic E-state index is 0.504. The molecule has 112 valence electrons. The van der Waals surface area contributed by atoms with Crippen LogP contribution in [0.1, 0.15) is 45.6 Å². The van der Waals surface area contributed by atoms with Gasteiger partial charge in [0.1, 0.15) is 0 Å². The zero-order chi connectivity index (χ0) is 14.2. The van der Waals surface area contributed by atoms with E-state index in [4.69, 9.17) is 0 Å². The van der Waals surface area contributed by atoms with Crippen molar-refractivity contribution in [3.8, 4) is 0 Å². The van der Waals surface area contributed by atoms with Gasteiger partial charge in [-0.15, -0.1) is 0 Å². The molecular weight excluding hydrogens is 246 g/mol. The quantitative estimate of drug-likeness (QED) is 0.828. The molecule has 2 unspecified atom stereocenters. The Kier molecular flexibility index (Phi) is 3.89. The average Bonchev–Trinajstić information content (AvgIpc) is 2.84. The molecule has 1 aromatic rings. The van der Waals surface area contributed by atoms with Crippen molar-refractivity contribution in [2.45, 2.75) is 53.0 Å². The predicted molar refractivity (Wildman–Crippen MR) is 82.6 cm³/mol. The average molecular weight is 275 g/mol. The van der Waals surface area contributed by atoms with Gasteiger partial charge in [0.05, 0.1) is 6.20 Å². The normalized spacial score (nSPS) is 31.8. The van der Waals surface area contributed by atoms with Crippen LogP contribution in [0.5, 0.6) is 0 Å². The number of fused-ring (bicyclic) bond motifs is 1. The highest BCUT2D eigenvalue weighted by Crippen LogP contribution is 2.60. The Hall–Kier alpha value is -0.830. The smallest absolute Gasteiger partial charge is 0.0521 e. The summed E-state index contributed by atoms with van der Waals surface area (Å²) < 4.78 is 2.06. The maximum absolute atomic E-state index is 4.44. The van der Waals surface area contributed by atoms with Crippen molar-refractivity contribution in [3.63, 3.8) is 0 Å². The van der Waals surface area contributed by atoms with E-state index in [0.717, 1.165) is 30.8 Å². The molecule has 0 radical (unpaired) electrons. The second kappa shape index (κ2) is 5.51. The summed E-state index contributed by atoms with van der Waals surface area (Å²) in [6.07, 6.45) is 9.90. The molecule has 0 bridgehead atoms. The topological polar surface area (TPSA) is 29.9 Å². The summed E-state index contributed by atoms with van der Waals surface area (Å²) in [5.74, 6) is 2.82. The van der Waals surface area contributed by atoms with Gasteiger partial charge in [0.25, 0.3) is 0 Å². The molecule has 20 heavy (non-hydrogen) atoms. The lowest BCUT2D eigenvalue weighted by atomic mass is 9.78. The van der Waals surface area contributed by atoms with Crippen molar-refractivity contribution in [2.24, 2.45) is 23.2 Å². The van der Waals surface area contributed by atoms with Crippen LogP contribution in [0.3, 0.4) is 0 Å². The predicted octanol–water partition coefficient (Wildman–Crippen LogP) is 3.11. The van der Waals surface area contributed by atoms with Crippen LogP contribution in [-0.4, -0.2) is 22.9 Å². The first-order valence-electron chi connectivity index (χ1n) is 8.32. The second-order valence-electron chi connectivity index (χ2n) is 7.57. The van der Waals surface area contributed by atoms with E-state index in [-0.39, 0.29) is 0 Å². The molecule has 1 N–H and O–H groups in total. The molecule has 0 amide bonds. The molecular formula is C17H29N3. The van der Waals surface area contributed by atoms with Gasteiger partial charge < -0.3 is 5.32 Å². The fourth-order valence-corrected chi connectivity index (χ4v) is 4.09. The van der Waals surface area contributed by atoms with Crippen LogP contribution in [0.4, 0.5) is 0 Å². The summed E-state index contributed by atoms with van der Waals surface area (Å²) >= 11 is 0. The van der Waals surface area contributed by atoms with E-state index >= 15 is 0 Å². The van der Waals surface area contributed by atoms with Crippen molar-refractivity contribution < 1.29 is 0 Å². The fraction of sp³-hybridized carbons (Fsp3) is 0.824. The minimum Gasteiger partial charge on any atom is -0.316 e. The van der Waals surface area contributed by atoms with Gasteiger partial charge in [-0.1, -0.05) is 13.8 Å². The number of aryl methyl sites for hydroxylation is 1. The third kappa shape index (κ3) is 3.08. The highest BCUT2D eigenvalue weighted by atomic mass is 15.3. The Bertz CT molecular complexity index is 439. The van der Waals surface area contributed by atoms with E-state index in [0.29, 0.717) is 5.41 Å². The van der Waals surface area contributed by atoms with Gasteiger partial charge in [0.2, 0.25) is 0 Å². The van der Waals surface area contributed by atoms with E-state index in [2.05, 4.69) is 48.3 Å². The summed E-state index contributed by atoms with van der Waals surface area (Å²) in [5.41, 5.74) is 1.93. The highest BCUT2D eigenvalue weighted by Gasteiger charge is 2.53. The fourth-order valence-electron chi connectivity index (χ4n) is 4.09. The molecule has 0 spiro atoms. The molecule has 2 fully saturated rings. The number of nitrogens with one attached hydrogen (secondary N) is 1. The molecule has 0 aromatic carbocycles. The zero-order valence-electron chi connectivity index (χ0n) is 13.2. The number of nitrogens with zero attached hydrogens (tertiary/aromatic N) is 2. The summed E-state index contributed by atoms with van der Waals surface area (Å²) in [6.45, 7) is 10.0. The molecule has 2 saturated carbocycles. The monoisotopic (exact) mass is 275 g/mol. The van der Waals surface area contributed by atoms with Gasteiger partial charge in [-0.3, -0.25) is 4.68 Å². The molecule has 3 heteroatoms. The van der Waals surface area contributed by atoms with Crippen LogP contribution >= 0.6 is 0 Å². The lowest BCUT2D eigenvalue weighted by Crippen LogP contribution is -2.36. The highest BCUT2D eigenvalue weighted by molar-refractivity contribution is 5.13. The Morgan fingerprint density at radius 1 is 1.40 bits per heavy atom. The van der Waals surface area contributed by atoms with Crippen LogP contribution in [0, 0.1) is 23.2 Å². The molecule has 1 aromatic heterocycles. The number of rotatable bonds is 7. The summed E-state index contributed by atoms with van der Waals surface area (Å²) in [5, 5.41) is 8.17. The van der Waals surface area contributed by atoms with E-state index in [9.17, 15) is 0 Å². The maximum atomic E-state index is 4.44. The number of hydrogen-bond donors (Lipinski definition) is 1. The van der Waals surface area contributed by atoms with Crippen LogP contribution in [0.25, 0.3) is 0 Å². The Morgan fingerprint density at radius 3 is 2.75 bits per heavy atom. The lowest BCUT2D eigenvalue weighted by molar-refractivity contribution is 0.245. The Labute approximate surface area is 123 Å². The van der Waals surface area contributed by atoms with Crippen LogP contribution in [0.15, 0.2) is 12.4 Å². The first kappa shape index (κ1) is 14.1. The van der Waals surface area contributed by atoms with E-state index in [1.165, 1.54) is 37.8 Å². The van der Waals surface area contributed by atoms with Gasteiger partial charge in [-0.2, -0.15) is 5.10 Å². The first-order valence-corrected chi connectivity index (χ1v) is 8.32. The maximum Gasteiger partial charge on any atom is 0.0521 e. The zero-order valence-corrected chi connectivity index (χ0v) is 13.2. The summed E-state index contributed by atoms with van der Waals surface area (Å²) in [7, 11) is 0. The first-order chi connectivity index (χ1) is 9.60. The molecule has 2 atom stereocenters.